The summed E-state index contributed by atoms with van der Waals surface area (Å²) < 4.78 is 1.87. The summed E-state index contributed by atoms with van der Waals surface area (Å²) in [4.78, 5) is 11.0. The van der Waals surface area contributed by atoms with Gasteiger partial charge in [-0.3, -0.25) is 4.98 Å². The number of fused-ring (bicyclic) bond motifs is 1. The number of pyridine rings is 1. The maximum Gasteiger partial charge on any atom is 0.152 e. The van der Waals surface area contributed by atoms with Gasteiger partial charge in [0.25, 0.3) is 0 Å². The van der Waals surface area contributed by atoms with Crippen molar-refractivity contribution in [3.8, 4) is 0 Å². The van der Waals surface area contributed by atoms with E-state index in [4.69, 9.17) is 0 Å². The lowest BCUT2D eigenvalue weighted by atomic mass is 9.92. The SMILES string of the molecule is CN(C)c1ccnc(CNc2nccn3nc(C(C)(C)C)cc23)c1. The third kappa shape index (κ3) is 3.32. The first-order valence-corrected chi connectivity index (χ1v) is 8.05. The van der Waals surface area contributed by atoms with Crippen molar-refractivity contribution in [2.45, 2.75) is 32.7 Å². The Balaban J connectivity index is 1.85. The third-order valence-electron chi connectivity index (χ3n) is 3.91. The summed E-state index contributed by atoms with van der Waals surface area (Å²) >= 11 is 0. The molecule has 126 valence electrons. The standard InChI is InChI=1S/C18H24N6/c1-18(2,3)16-11-15-17(20-8-9-24(15)22-16)21-12-13-10-14(23(4)5)6-7-19-13/h6-11H,12H2,1-5H3,(H,20,21). The molecule has 0 unspecified atom stereocenters. The van der Waals surface area contributed by atoms with Gasteiger partial charge in [-0.05, 0) is 18.2 Å². The van der Waals surface area contributed by atoms with Crippen molar-refractivity contribution in [1.82, 2.24) is 19.6 Å². The van der Waals surface area contributed by atoms with Crippen molar-refractivity contribution in [3.63, 3.8) is 0 Å². The van der Waals surface area contributed by atoms with E-state index in [0.717, 1.165) is 28.4 Å². The molecule has 0 amide bonds. The summed E-state index contributed by atoms with van der Waals surface area (Å²) in [5.41, 5.74) is 4.13. The molecule has 0 spiro atoms. The molecular weight excluding hydrogens is 300 g/mol. The Hall–Kier alpha value is -2.63. The first kappa shape index (κ1) is 16.2. The molecule has 0 saturated carbocycles. The van der Waals surface area contributed by atoms with Crippen LogP contribution in [0.4, 0.5) is 11.5 Å². The van der Waals surface area contributed by atoms with E-state index >= 15 is 0 Å². The van der Waals surface area contributed by atoms with Crippen LogP contribution in [0, 0.1) is 0 Å². The third-order valence-corrected chi connectivity index (χ3v) is 3.91. The van der Waals surface area contributed by atoms with Crippen molar-refractivity contribution in [3.05, 3.63) is 48.2 Å². The molecule has 3 rings (SSSR count). The van der Waals surface area contributed by atoms with Crippen LogP contribution in [0.1, 0.15) is 32.2 Å². The summed E-state index contributed by atoms with van der Waals surface area (Å²) in [7, 11) is 4.05. The van der Waals surface area contributed by atoms with Gasteiger partial charge in [-0.1, -0.05) is 20.8 Å². The number of nitrogens with one attached hydrogen (secondary N) is 1. The average Bonchev–Trinajstić information content (AvgIpc) is 2.98. The normalized spacial score (nSPS) is 11.7. The molecular formula is C18H24N6. The second kappa shape index (κ2) is 6.11. The first-order chi connectivity index (χ1) is 11.3. The van der Waals surface area contributed by atoms with Crippen LogP contribution in [-0.4, -0.2) is 33.7 Å². The van der Waals surface area contributed by atoms with E-state index in [0.29, 0.717) is 6.54 Å². The minimum absolute atomic E-state index is 0.00485. The molecule has 0 aliphatic rings. The van der Waals surface area contributed by atoms with Crippen molar-refractivity contribution >= 4 is 17.0 Å². The molecule has 0 atom stereocenters. The summed E-state index contributed by atoms with van der Waals surface area (Å²) in [6, 6.07) is 6.16. The van der Waals surface area contributed by atoms with E-state index in [9.17, 15) is 0 Å². The van der Waals surface area contributed by atoms with Gasteiger partial charge in [-0.25, -0.2) is 9.50 Å². The van der Waals surface area contributed by atoms with Crippen molar-refractivity contribution in [2.24, 2.45) is 0 Å². The average molecular weight is 324 g/mol. The van der Waals surface area contributed by atoms with Crippen LogP contribution in [0.2, 0.25) is 0 Å². The zero-order chi connectivity index (χ0) is 17.3. The maximum atomic E-state index is 4.65. The second-order valence-corrected chi connectivity index (χ2v) is 7.14. The second-order valence-electron chi connectivity index (χ2n) is 7.14. The fourth-order valence-corrected chi connectivity index (χ4v) is 2.44. The van der Waals surface area contributed by atoms with Crippen molar-refractivity contribution in [2.75, 3.05) is 24.3 Å². The number of hydrogen-bond acceptors (Lipinski definition) is 5. The lowest BCUT2D eigenvalue weighted by Gasteiger charge is -2.13. The van der Waals surface area contributed by atoms with Gasteiger partial charge in [0.15, 0.2) is 5.82 Å². The van der Waals surface area contributed by atoms with Crippen LogP contribution >= 0.6 is 0 Å². The topological polar surface area (TPSA) is 58.4 Å². The molecule has 6 nitrogen and oxygen atoms in total. The zero-order valence-electron chi connectivity index (χ0n) is 14.9. The van der Waals surface area contributed by atoms with Crippen LogP contribution in [0.25, 0.3) is 5.52 Å². The van der Waals surface area contributed by atoms with Gasteiger partial charge in [-0.15, -0.1) is 0 Å². The highest BCUT2D eigenvalue weighted by Gasteiger charge is 2.19. The van der Waals surface area contributed by atoms with Gasteiger partial charge in [0, 0.05) is 43.8 Å². The summed E-state index contributed by atoms with van der Waals surface area (Å²) in [6.45, 7) is 7.09. The van der Waals surface area contributed by atoms with E-state index in [-0.39, 0.29) is 5.41 Å². The molecule has 0 aliphatic heterocycles. The fraction of sp³-hybridized carbons (Fsp3) is 0.389. The predicted molar refractivity (Wildman–Crippen MR) is 97.6 cm³/mol. The summed E-state index contributed by atoms with van der Waals surface area (Å²) in [5.74, 6) is 0.817. The van der Waals surface area contributed by atoms with Crippen LogP contribution in [0.3, 0.4) is 0 Å². The number of nitrogens with zero attached hydrogens (tertiary/aromatic N) is 5. The quantitative estimate of drug-likeness (QED) is 0.799. The monoisotopic (exact) mass is 324 g/mol. The number of rotatable bonds is 4. The number of anilines is 2. The maximum absolute atomic E-state index is 4.65. The van der Waals surface area contributed by atoms with Gasteiger partial charge in [0.2, 0.25) is 0 Å². The van der Waals surface area contributed by atoms with Gasteiger partial charge in [-0.2, -0.15) is 5.10 Å². The molecule has 0 aliphatic carbocycles. The van der Waals surface area contributed by atoms with E-state index in [1.54, 1.807) is 6.20 Å². The largest absolute Gasteiger partial charge is 0.378 e. The van der Waals surface area contributed by atoms with Crippen LogP contribution < -0.4 is 10.2 Å². The molecule has 0 bridgehead atoms. The predicted octanol–water partition coefficient (Wildman–Crippen LogP) is 3.10. The Labute approximate surface area is 142 Å². The molecule has 3 aromatic rings. The Morgan fingerprint density at radius 2 is 1.92 bits per heavy atom. The molecule has 24 heavy (non-hydrogen) atoms. The Bertz CT molecular complexity index is 844. The number of hydrogen-bond donors (Lipinski definition) is 1. The molecule has 0 radical (unpaired) electrons. The fourth-order valence-electron chi connectivity index (χ4n) is 2.44. The highest BCUT2D eigenvalue weighted by molar-refractivity contribution is 5.68. The van der Waals surface area contributed by atoms with E-state index in [2.05, 4.69) is 58.2 Å². The smallest absolute Gasteiger partial charge is 0.152 e. The summed E-state index contributed by atoms with van der Waals surface area (Å²) in [5, 5.41) is 8.03. The van der Waals surface area contributed by atoms with Crippen molar-refractivity contribution in [1.29, 1.82) is 0 Å². The lowest BCUT2D eigenvalue weighted by molar-refractivity contribution is 0.562. The van der Waals surface area contributed by atoms with E-state index in [1.807, 2.05) is 37.1 Å². The van der Waals surface area contributed by atoms with Gasteiger partial charge in [0.05, 0.1) is 17.9 Å². The van der Waals surface area contributed by atoms with Crippen LogP contribution in [0.15, 0.2) is 36.8 Å². The van der Waals surface area contributed by atoms with Gasteiger partial charge < -0.3 is 10.2 Å². The van der Waals surface area contributed by atoms with Gasteiger partial charge in [0.1, 0.15) is 5.52 Å². The molecule has 0 aromatic carbocycles. The minimum atomic E-state index is 0.00485. The van der Waals surface area contributed by atoms with Crippen molar-refractivity contribution < 1.29 is 0 Å². The summed E-state index contributed by atoms with van der Waals surface area (Å²) in [6.07, 6.45) is 5.47. The minimum Gasteiger partial charge on any atom is -0.378 e. The first-order valence-electron chi connectivity index (χ1n) is 8.05. The van der Waals surface area contributed by atoms with E-state index < -0.39 is 0 Å². The Morgan fingerprint density at radius 1 is 1.12 bits per heavy atom. The highest BCUT2D eigenvalue weighted by atomic mass is 15.2. The molecule has 0 saturated heterocycles. The molecule has 3 aromatic heterocycles. The lowest BCUT2D eigenvalue weighted by Crippen LogP contribution is -2.11. The van der Waals surface area contributed by atoms with Crippen LogP contribution in [-0.2, 0) is 12.0 Å². The molecule has 1 N–H and O–H groups in total. The van der Waals surface area contributed by atoms with Crippen LogP contribution in [0.5, 0.6) is 0 Å². The highest BCUT2D eigenvalue weighted by Crippen LogP contribution is 2.24. The molecule has 0 fully saturated rings. The Morgan fingerprint density at radius 3 is 2.62 bits per heavy atom. The molecule has 6 heteroatoms. The van der Waals surface area contributed by atoms with Gasteiger partial charge >= 0.3 is 0 Å². The van der Waals surface area contributed by atoms with E-state index in [1.165, 1.54) is 0 Å². The number of aromatic nitrogens is 4. The molecule has 3 heterocycles. The Kier molecular flexibility index (Phi) is 4.13. The zero-order valence-corrected chi connectivity index (χ0v) is 14.9.